The number of unbranched alkanes of at least 4 members (excludes halogenated alkanes) is 2. The van der Waals surface area contributed by atoms with Gasteiger partial charge in [0.2, 0.25) is 0 Å². The number of hydrogen-bond acceptors (Lipinski definition) is 2. The first-order chi connectivity index (χ1) is 8.01. The van der Waals surface area contributed by atoms with Gasteiger partial charge in [0.1, 0.15) is 0 Å². The Kier molecular flexibility index (Phi) is 8.22. The third kappa shape index (κ3) is 6.06. The molecule has 3 heteroatoms. The van der Waals surface area contributed by atoms with Gasteiger partial charge in [0.25, 0.3) is 8.32 Å². The van der Waals surface area contributed by atoms with Gasteiger partial charge in [-0.2, -0.15) is 0 Å². The van der Waals surface area contributed by atoms with Crippen molar-refractivity contribution in [2.45, 2.75) is 71.5 Å². The molecule has 0 unspecified atom stereocenters. The lowest BCUT2D eigenvalue weighted by atomic mass is 10.4. The van der Waals surface area contributed by atoms with Crippen LogP contribution < -0.4 is 0 Å². The first-order valence-electron chi connectivity index (χ1n) is 6.90. The van der Waals surface area contributed by atoms with E-state index < -0.39 is 8.32 Å². The van der Waals surface area contributed by atoms with Gasteiger partial charge in [0, 0.05) is 5.57 Å². The van der Waals surface area contributed by atoms with Crippen LogP contribution in [0.3, 0.4) is 0 Å². The summed E-state index contributed by atoms with van der Waals surface area (Å²) in [5.41, 5.74) is 0.531. The maximum absolute atomic E-state index is 11.8. The van der Waals surface area contributed by atoms with Crippen molar-refractivity contribution < 1.29 is 9.22 Å². The second-order valence-electron chi connectivity index (χ2n) is 4.91. The molecule has 0 aliphatic rings. The zero-order valence-corrected chi connectivity index (χ0v) is 13.0. The summed E-state index contributed by atoms with van der Waals surface area (Å²) in [5.74, 6) is -0.175. The van der Waals surface area contributed by atoms with E-state index in [1.807, 2.05) is 0 Å². The predicted octanol–water partition coefficient (Wildman–Crippen LogP) is 4.67. The molecule has 0 saturated heterocycles. The molecule has 0 amide bonds. The molecule has 0 aliphatic heterocycles. The predicted molar refractivity (Wildman–Crippen MR) is 76.6 cm³/mol. The monoisotopic (exact) mass is 256 g/mol. The van der Waals surface area contributed by atoms with Crippen LogP contribution in [0.15, 0.2) is 12.2 Å². The second-order valence-corrected chi connectivity index (χ2v) is 9.19. The Bertz CT molecular complexity index is 241. The highest BCUT2D eigenvalue weighted by Crippen LogP contribution is 2.28. The quantitative estimate of drug-likeness (QED) is 0.442. The van der Waals surface area contributed by atoms with Crippen molar-refractivity contribution in [2.75, 3.05) is 0 Å². The summed E-state index contributed by atoms with van der Waals surface area (Å²) in [6.45, 7) is 12.0. The van der Waals surface area contributed by atoms with Crippen molar-refractivity contribution >= 4 is 14.3 Å². The Morgan fingerprint density at radius 3 is 1.88 bits per heavy atom. The SMILES string of the molecule is C=C(C)C(=O)O[Si](CC)(CCCC)CCCC. The summed E-state index contributed by atoms with van der Waals surface area (Å²) in [5, 5.41) is 0. The molecule has 0 N–H and O–H groups in total. The van der Waals surface area contributed by atoms with Gasteiger partial charge in [-0.1, -0.05) is 53.0 Å². The summed E-state index contributed by atoms with van der Waals surface area (Å²) in [6, 6.07) is 3.25. The average Bonchev–Trinajstić information content (AvgIpc) is 2.32. The second kappa shape index (κ2) is 8.51. The summed E-state index contributed by atoms with van der Waals surface area (Å²) < 4.78 is 5.85. The van der Waals surface area contributed by atoms with Gasteiger partial charge in [-0.3, -0.25) is 0 Å². The Morgan fingerprint density at radius 1 is 1.12 bits per heavy atom. The van der Waals surface area contributed by atoms with Crippen LogP contribution >= 0.6 is 0 Å². The van der Waals surface area contributed by atoms with Gasteiger partial charge in [-0.15, -0.1) is 0 Å². The highest BCUT2D eigenvalue weighted by molar-refractivity contribution is 6.75. The Hall–Kier alpha value is -0.573. The van der Waals surface area contributed by atoms with Crippen LogP contribution in [-0.2, 0) is 9.22 Å². The van der Waals surface area contributed by atoms with Crippen LogP contribution in [0.2, 0.25) is 18.1 Å². The molecule has 0 saturated carbocycles. The van der Waals surface area contributed by atoms with Crippen molar-refractivity contribution in [3.8, 4) is 0 Å². The summed E-state index contributed by atoms with van der Waals surface area (Å²) in [4.78, 5) is 11.8. The van der Waals surface area contributed by atoms with Crippen LogP contribution in [0.25, 0.3) is 0 Å². The molecule has 0 bridgehead atoms. The lowest BCUT2D eigenvalue weighted by molar-refractivity contribution is -0.131. The zero-order valence-electron chi connectivity index (χ0n) is 12.0. The van der Waals surface area contributed by atoms with Gasteiger partial charge < -0.3 is 4.43 Å². The minimum Gasteiger partial charge on any atom is -0.516 e. The van der Waals surface area contributed by atoms with E-state index in [4.69, 9.17) is 4.43 Å². The number of hydrogen-bond donors (Lipinski definition) is 0. The van der Waals surface area contributed by atoms with Crippen molar-refractivity contribution in [3.05, 3.63) is 12.2 Å². The third-order valence-corrected chi connectivity index (χ3v) is 7.71. The van der Waals surface area contributed by atoms with Gasteiger partial charge >= 0.3 is 5.97 Å². The van der Waals surface area contributed by atoms with Gasteiger partial charge in [0.15, 0.2) is 0 Å². The molecule has 0 heterocycles. The van der Waals surface area contributed by atoms with E-state index in [-0.39, 0.29) is 5.97 Å². The van der Waals surface area contributed by atoms with Gasteiger partial charge in [-0.05, 0) is 25.1 Å². The Labute approximate surface area is 108 Å². The summed E-state index contributed by atoms with van der Waals surface area (Å²) in [7, 11) is -1.85. The number of carbonyl (C=O) groups is 1. The van der Waals surface area contributed by atoms with Gasteiger partial charge in [0.05, 0.1) is 0 Å². The summed E-state index contributed by atoms with van der Waals surface area (Å²) >= 11 is 0. The molecule has 0 rings (SSSR count). The van der Waals surface area contributed by atoms with Crippen molar-refractivity contribution in [1.82, 2.24) is 0 Å². The average molecular weight is 256 g/mol. The molecule has 17 heavy (non-hydrogen) atoms. The van der Waals surface area contributed by atoms with Crippen molar-refractivity contribution in [2.24, 2.45) is 0 Å². The highest BCUT2D eigenvalue weighted by Gasteiger charge is 2.35. The van der Waals surface area contributed by atoms with E-state index in [1.54, 1.807) is 6.92 Å². The molecular formula is C14H28O2Si. The van der Waals surface area contributed by atoms with Crippen molar-refractivity contribution in [3.63, 3.8) is 0 Å². The van der Waals surface area contributed by atoms with E-state index in [0.717, 1.165) is 18.1 Å². The lowest BCUT2D eigenvalue weighted by Crippen LogP contribution is -2.39. The highest BCUT2D eigenvalue weighted by atomic mass is 28.4. The fourth-order valence-corrected chi connectivity index (χ4v) is 5.80. The van der Waals surface area contributed by atoms with E-state index in [2.05, 4.69) is 27.4 Å². The van der Waals surface area contributed by atoms with Crippen LogP contribution in [-0.4, -0.2) is 14.3 Å². The maximum Gasteiger partial charge on any atom is 0.319 e. The minimum atomic E-state index is -1.85. The molecule has 0 spiro atoms. The maximum atomic E-state index is 11.8. The Balaban J connectivity index is 4.64. The van der Waals surface area contributed by atoms with Crippen LogP contribution in [0.5, 0.6) is 0 Å². The lowest BCUT2D eigenvalue weighted by Gasteiger charge is -2.30. The molecule has 0 aliphatic carbocycles. The van der Waals surface area contributed by atoms with E-state index in [0.29, 0.717) is 5.57 Å². The van der Waals surface area contributed by atoms with Crippen LogP contribution in [0.4, 0.5) is 0 Å². The minimum absolute atomic E-state index is 0.175. The molecule has 0 aromatic heterocycles. The van der Waals surface area contributed by atoms with Crippen molar-refractivity contribution in [1.29, 1.82) is 0 Å². The van der Waals surface area contributed by atoms with E-state index in [9.17, 15) is 4.79 Å². The Morgan fingerprint density at radius 2 is 1.59 bits per heavy atom. The molecule has 2 nitrogen and oxygen atoms in total. The molecule has 0 atom stereocenters. The smallest absolute Gasteiger partial charge is 0.319 e. The largest absolute Gasteiger partial charge is 0.516 e. The standard InChI is InChI=1S/C14H28O2Si/c1-6-9-11-17(8-3,12-10-7-2)16-14(15)13(4)5/h4,6-12H2,1-3,5H3. The molecular weight excluding hydrogens is 228 g/mol. The molecule has 100 valence electrons. The van der Waals surface area contributed by atoms with E-state index in [1.165, 1.54) is 25.7 Å². The molecule has 0 fully saturated rings. The zero-order chi connectivity index (χ0) is 13.3. The molecule has 0 aromatic rings. The molecule has 0 aromatic carbocycles. The first kappa shape index (κ1) is 16.4. The van der Waals surface area contributed by atoms with Crippen LogP contribution in [0.1, 0.15) is 53.4 Å². The fourth-order valence-electron chi connectivity index (χ4n) is 1.93. The normalized spacial score (nSPS) is 11.3. The first-order valence-corrected chi connectivity index (χ1v) is 9.43. The summed E-state index contributed by atoms with van der Waals surface area (Å²) in [6.07, 6.45) is 4.69. The number of carbonyl (C=O) groups excluding carboxylic acids is 1. The fraction of sp³-hybridized carbons (Fsp3) is 0.786. The van der Waals surface area contributed by atoms with Crippen LogP contribution in [0, 0.1) is 0 Å². The topological polar surface area (TPSA) is 26.3 Å². The van der Waals surface area contributed by atoms with E-state index >= 15 is 0 Å². The number of rotatable bonds is 9. The third-order valence-electron chi connectivity index (χ3n) is 3.27. The van der Waals surface area contributed by atoms with Gasteiger partial charge in [-0.25, -0.2) is 4.79 Å². The molecule has 0 radical (unpaired) electrons.